The van der Waals surface area contributed by atoms with E-state index in [0.29, 0.717) is 5.65 Å². The minimum atomic E-state index is -4.44. The SMILES string of the molecule is Cc1cccn2c(=O)cc(/C(Cl)=C/c3cccc(C(F)(F)F)c3)nc12. The zero-order valence-corrected chi connectivity index (χ0v) is 13.8. The van der Waals surface area contributed by atoms with Crippen molar-refractivity contribution >= 4 is 28.4 Å². The molecule has 3 nitrogen and oxygen atoms in total. The Morgan fingerprint density at radius 2 is 1.96 bits per heavy atom. The van der Waals surface area contributed by atoms with Crippen LogP contribution >= 0.6 is 11.6 Å². The summed E-state index contributed by atoms with van der Waals surface area (Å²) in [6.07, 6.45) is -1.49. The van der Waals surface area contributed by atoms with E-state index >= 15 is 0 Å². The van der Waals surface area contributed by atoms with Crippen LogP contribution in [0.4, 0.5) is 13.2 Å². The van der Waals surface area contributed by atoms with Gasteiger partial charge in [0, 0.05) is 12.3 Å². The van der Waals surface area contributed by atoms with Crippen LogP contribution in [-0.2, 0) is 6.18 Å². The van der Waals surface area contributed by atoms with E-state index in [4.69, 9.17) is 11.6 Å². The Morgan fingerprint density at radius 3 is 2.68 bits per heavy atom. The first-order chi connectivity index (χ1) is 11.8. The van der Waals surface area contributed by atoms with Crippen LogP contribution in [0.1, 0.15) is 22.4 Å². The predicted molar refractivity (Wildman–Crippen MR) is 91.4 cm³/mol. The maximum Gasteiger partial charge on any atom is 0.416 e. The average molecular weight is 365 g/mol. The number of rotatable bonds is 2. The molecule has 0 radical (unpaired) electrons. The van der Waals surface area contributed by atoms with Crippen LogP contribution in [0, 0.1) is 6.92 Å². The van der Waals surface area contributed by atoms with E-state index in [1.54, 1.807) is 25.3 Å². The third-order valence-corrected chi connectivity index (χ3v) is 3.94. The first kappa shape index (κ1) is 17.2. The normalized spacial score (nSPS) is 12.6. The summed E-state index contributed by atoms with van der Waals surface area (Å²) in [5, 5.41) is 0.0853. The lowest BCUT2D eigenvalue weighted by molar-refractivity contribution is -0.137. The molecule has 0 saturated heterocycles. The van der Waals surface area contributed by atoms with Crippen molar-refractivity contribution in [2.75, 3.05) is 0 Å². The van der Waals surface area contributed by atoms with Gasteiger partial charge in [-0.1, -0.05) is 29.8 Å². The fraction of sp³-hybridized carbons (Fsp3) is 0.111. The predicted octanol–water partition coefficient (Wildman–Crippen LogP) is 4.76. The summed E-state index contributed by atoms with van der Waals surface area (Å²) in [4.78, 5) is 16.5. The number of pyridine rings is 1. The largest absolute Gasteiger partial charge is 0.416 e. The van der Waals surface area contributed by atoms with Crippen molar-refractivity contribution in [1.29, 1.82) is 0 Å². The van der Waals surface area contributed by atoms with Crippen molar-refractivity contribution in [2.24, 2.45) is 0 Å². The molecule has 3 aromatic rings. The number of aromatic nitrogens is 2. The van der Waals surface area contributed by atoms with Crippen LogP contribution in [0.3, 0.4) is 0 Å². The Bertz CT molecular complexity index is 1040. The minimum Gasteiger partial charge on any atom is -0.269 e. The fourth-order valence-electron chi connectivity index (χ4n) is 2.41. The van der Waals surface area contributed by atoms with Crippen LogP contribution in [0.15, 0.2) is 53.5 Å². The quantitative estimate of drug-likeness (QED) is 0.657. The molecule has 25 heavy (non-hydrogen) atoms. The second-order valence-electron chi connectivity index (χ2n) is 5.48. The molecule has 3 rings (SSSR count). The Hall–Kier alpha value is -2.60. The van der Waals surface area contributed by atoms with E-state index in [1.165, 1.54) is 28.7 Å². The number of fused-ring (bicyclic) bond motifs is 1. The molecule has 7 heteroatoms. The number of hydrogen-bond donors (Lipinski definition) is 0. The lowest BCUT2D eigenvalue weighted by Crippen LogP contribution is -2.15. The second kappa shape index (κ2) is 6.37. The number of aryl methyl sites for hydroxylation is 1. The number of halogens is 4. The first-order valence-electron chi connectivity index (χ1n) is 7.29. The van der Waals surface area contributed by atoms with E-state index in [9.17, 15) is 18.0 Å². The van der Waals surface area contributed by atoms with E-state index in [2.05, 4.69) is 4.98 Å². The van der Waals surface area contributed by atoms with Crippen molar-refractivity contribution in [3.05, 3.63) is 81.4 Å². The molecule has 0 bridgehead atoms. The molecule has 0 aliphatic heterocycles. The van der Waals surface area contributed by atoms with Crippen LogP contribution < -0.4 is 5.56 Å². The molecule has 0 fully saturated rings. The Balaban J connectivity index is 2.08. The highest BCUT2D eigenvalue weighted by atomic mass is 35.5. The van der Waals surface area contributed by atoms with E-state index in [1.807, 2.05) is 0 Å². The summed E-state index contributed by atoms with van der Waals surface area (Å²) in [6.45, 7) is 1.80. The van der Waals surface area contributed by atoms with Crippen LogP contribution in [-0.4, -0.2) is 9.38 Å². The summed E-state index contributed by atoms with van der Waals surface area (Å²) in [6, 6.07) is 9.54. The van der Waals surface area contributed by atoms with Gasteiger partial charge in [-0.15, -0.1) is 0 Å². The monoisotopic (exact) mass is 364 g/mol. The Morgan fingerprint density at radius 1 is 1.20 bits per heavy atom. The summed E-state index contributed by atoms with van der Waals surface area (Å²) in [7, 11) is 0. The lowest BCUT2D eigenvalue weighted by Gasteiger charge is -2.08. The van der Waals surface area contributed by atoms with Crippen molar-refractivity contribution in [3.63, 3.8) is 0 Å². The highest BCUT2D eigenvalue weighted by molar-refractivity contribution is 6.51. The van der Waals surface area contributed by atoms with Gasteiger partial charge in [-0.3, -0.25) is 9.20 Å². The van der Waals surface area contributed by atoms with Crippen LogP contribution in [0.5, 0.6) is 0 Å². The molecule has 0 saturated carbocycles. The van der Waals surface area contributed by atoms with Gasteiger partial charge in [0.1, 0.15) is 5.65 Å². The van der Waals surface area contributed by atoms with Gasteiger partial charge in [0.2, 0.25) is 0 Å². The molecule has 0 unspecified atom stereocenters. The van der Waals surface area contributed by atoms with Crippen molar-refractivity contribution in [3.8, 4) is 0 Å². The van der Waals surface area contributed by atoms with Crippen LogP contribution in [0.25, 0.3) is 16.8 Å². The summed E-state index contributed by atoms with van der Waals surface area (Å²) in [5.41, 5.74) is 0.614. The van der Waals surface area contributed by atoms with Gasteiger partial charge in [0.05, 0.1) is 16.3 Å². The smallest absolute Gasteiger partial charge is 0.269 e. The maximum absolute atomic E-state index is 12.8. The number of hydrogen-bond acceptors (Lipinski definition) is 2. The maximum atomic E-state index is 12.8. The van der Waals surface area contributed by atoms with Gasteiger partial charge in [0.15, 0.2) is 0 Å². The molecule has 1 aromatic carbocycles. The van der Waals surface area contributed by atoms with Gasteiger partial charge in [-0.05, 0) is 42.3 Å². The fourth-order valence-corrected chi connectivity index (χ4v) is 2.63. The molecule has 128 valence electrons. The van der Waals surface area contributed by atoms with Crippen molar-refractivity contribution in [1.82, 2.24) is 9.38 Å². The van der Waals surface area contributed by atoms with Gasteiger partial charge >= 0.3 is 6.18 Å². The Kier molecular flexibility index (Phi) is 4.39. The number of alkyl halides is 3. The van der Waals surface area contributed by atoms with Gasteiger partial charge < -0.3 is 0 Å². The molecule has 2 heterocycles. The van der Waals surface area contributed by atoms with Crippen molar-refractivity contribution < 1.29 is 13.2 Å². The zero-order valence-electron chi connectivity index (χ0n) is 13.0. The number of nitrogens with zero attached hydrogens (tertiary/aromatic N) is 2. The highest BCUT2D eigenvalue weighted by Crippen LogP contribution is 2.30. The second-order valence-corrected chi connectivity index (χ2v) is 5.89. The minimum absolute atomic E-state index is 0.0853. The van der Waals surface area contributed by atoms with E-state index < -0.39 is 11.7 Å². The standard InChI is InChI=1S/C18H12ClF3N2O/c1-11-4-3-7-24-16(25)10-15(23-17(11)24)14(19)9-12-5-2-6-13(8-12)18(20,21)22/h2-10H,1H3/b14-9-. The van der Waals surface area contributed by atoms with E-state index in [0.717, 1.165) is 17.7 Å². The zero-order chi connectivity index (χ0) is 18.2. The highest BCUT2D eigenvalue weighted by Gasteiger charge is 2.30. The van der Waals surface area contributed by atoms with Gasteiger partial charge in [0.25, 0.3) is 5.56 Å². The van der Waals surface area contributed by atoms with Gasteiger partial charge in [-0.2, -0.15) is 13.2 Å². The molecule has 0 N–H and O–H groups in total. The van der Waals surface area contributed by atoms with E-state index in [-0.39, 0.29) is 21.8 Å². The molecule has 0 aliphatic rings. The Labute approximate surface area is 146 Å². The van der Waals surface area contributed by atoms with Gasteiger partial charge in [-0.25, -0.2) is 4.98 Å². The number of benzene rings is 1. The van der Waals surface area contributed by atoms with Crippen molar-refractivity contribution in [2.45, 2.75) is 13.1 Å². The average Bonchev–Trinajstić information content (AvgIpc) is 2.55. The summed E-state index contributed by atoms with van der Waals surface area (Å²) >= 11 is 6.20. The molecular formula is C18H12ClF3N2O. The molecule has 0 aliphatic carbocycles. The van der Waals surface area contributed by atoms with Crippen LogP contribution in [0.2, 0.25) is 0 Å². The molecule has 0 amide bonds. The summed E-state index contributed by atoms with van der Waals surface area (Å²) in [5.74, 6) is 0. The lowest BCUT2D eigenvalue weighted by atomic mass is 10.1. The summed E-state index contributed by atoms with van der Waals surface area (Å²) < 4.78 is 39.8. The third-order valence-electron chi connectivity index (χ3n) is 3.64. The molecule has 2 aromatic heterocycles. The third kappa shape index (κ3) is 3.58. The first-order valence-corrected chi connectivity index (χ1v) is 7.67. The molecule has 0 atom stereocenters. The molecular weight excluding hydrogens is 353 g/mol. The topological polar surface area (TPSA) is 34.4 Å². The molecule has 0 spiro atoms.